The molecular formula is C13H13NO. The SMILES string of the molecule is c1ccc2c(C3CCCO3)nccc2c1. The Morgan fingerprint density at radius 3 is 3.00 bits per heavy atom. The van der Waals surface area contributed by atoms with Gasteiger partial charge in [-0.1, -0.05) is 24.3 Å². The van der Waals surface area contributed by atoms with Crippen LogP contribution in [0.2, 0.25) is 0 Å². The first-order chi connectivity index (χ1) is 7.45. The topological polar surface area (TPSA) is 22.1 Å². The van der Waals surface area contributed by atoms with Gasteiger partial charge in [0, 0.05) is 18.2 Å². The Balaban J connectivity index is 2.16. The Kier molecular flexibility index (Phi) is 2.14. The van der Waals surface area contributed by atoms with Crippen molar-refractivity contribution in [3.8, 4) is 0 Å². The van der Waals surface area contributed by atoms with Crippen LogP contribution in [0, 0.1) is 0 Å². The lowest BCUT2D eigenvalue weighted by atomic mass is 10.1. The molecule has 1 aliphatic rings. The van der Waals surface area contributed by atoms with E-state index in [1.165, 1.54) is 10.8 Å². The fourth-order valence-corrected chi connectivity index (χ4v) is 2.19. The average molecular weight is 199 g/mol. The number of nitrogens with zero attached hydrogens (tertiary/aromatic N) is 1. The van der Waals surface area contributed by atoms with Gasteiger partial charge in [0.1, 0.15) is 6.10 Å². The van der Waals surface area contributed by atoms with E-state index < -0.39 is 0 Å². The monoisotopic (exact) mass is 199 g/mol. The van der Waals surface area contributed by atoms with Crippen LogP contribution < -0.4 is 0 Å². The van der Waals surface area contributed by atoms with E-state index in [1.807, 2.05) is 12.3 Å². The van der Waals surface area contributed by atoms with Gasteiger partial charge in [-0.2, -0.15) is 0 Å². The molecule has 1 atom stereocenters. The molecule has 0 N–H and O–H groups in total. The normalized spacial score (nSPS) is 20.9. The highest BCUT2D eigenvalue weighted by atomic mass is 16.5. The van der Waals surface area contributed by atoms with Crippen LogP contribution in [0.15, 0.2) is 36.5 Å². The summed E-state index contributed by atoms with van der Waals surface area (Å²) in [6, 6.07) is 10.4. The summed E-state index contributed by atoms with van der Waals surface area (Å²) in [5, 5.41) is 2.48. The largest absolute Gasteiger partial charge is 0.372 e. The number of pyridine rings is 1. The van der Waals surface area contributed by atoms with E-state index in [0.29, 0.717) is 0 Å². The molecule has 3 rings (SSSR count). The zero-order valence-electron chi connectivity index (χ0n) is 8.52. The first-order valence-corrected chi connectivity index (χ1v) is 5.40. The van der Waals surface area contributed by atoms with Crippen LogP contribution >= 0.6 is 0 Å². The maximum atomic E-state index is 5.68. The van der Waals surface area contributed by atoms with E-state index in [1.54, 1.807) is 0 Å². The molecule has 2 aromatic rings. The number of hydrogen-bond donors (Lipinski definition) is 0. The van der Waals surface area contributed by atoms with E-state index >= 15 is 0 Å². The first-order valence-electron chi connectivity index (χ1n) is 5.40. The van der Waals surface area contributed by atoms with Gasteiger partial charge >= 0.3 is 0 Å². The highest BCUT2D eigenvalue weighted by molar-refractivity contribution is 5.84. The molecule has 0 radical (unpaired) electrons. The summed E-state index contributed by atoms with van der Waals surface area (Å²) in [5.74, 6) is 0. The lowest BCUT2D eigenvalue weighted by molar-refractivity contribution is 0.110. The zero-order chi connectivity index (χ0) is 10.1. The van der Waals surface area contributed by atoms with Gasteiger partial charge in [-0.3, -0.25) is 4.98 Å². The molecule has 1 fully saturated rings. The Morgan fingerprint density at radius 2 is 2.13 bits per heavy atom. The summed E-state index contributed by atoms with van der Waals surface area (Å²) in [6.45, 7) is 0.871. The van der Waals surface area contributed by atoms with Gasteiger partial charge in [0.05, 0.1) is 5.69 Å². The van der Waals surface area contributed by atoms with Crippen LogP contribution in [0.4, 0.5) is 0 Å². The predicted molar refractivity (Wildman–Crippen MR) is 59.7 cm³/mol. The van der Waals surface area contributed by atoms with Crippen molar-refractivity contribution in [1.82, 2.24) is 4.98 Å². The Morgan fingerprint density at radius 1 is 1.20 bits per heavy atom. The molecule has 0 bridgehead atoms. The Hall–Kier alpha value is -1.41. The molecule has 15 heavy (non-hydrogen) atoms. The van der Waals surface area contributed by atoms with Crippen LogP contribution in [-0.2, 0) is 4.74 Å². The third kappa shape index (κ3) is 1.51. The van der Waals surface area contributed by atoms with Gasteiger partial charge in [0.2, 0.25) is 0 Å². The van der Waals surface area contributed by atoms with Gasteiger partial charge in [-0.05, 0) is 24.3 Å². The lowest BCUT2D eigenvalue weighted by Gasteiger charge is -2.11. The van der Waals surface area contributed by atoms with Crippen LogP contribution in [0.1, 0.15) is 24.6 Å². The Labute approximate surface area is 88.9 Å². The number of fused-ring (bicyclic) bond motifs is 1. The minimum Gasteiger partial charge on any atom is -0.372 e. The minimum absolute atomic E-state index is 0.205. The lowest BCUT2D eigenvalue weighted by Crippen LogP contribution is -1.99. The number of ether oxygens (including phenoxy) is 1. The average Bonchev–Trinajstić information content (AvgIpc) is 2.82. The molecule has 0 saturated carbocycles. The summed E-state index contributed by atoms with van der Waals surface area (Å²) in [6.07, 6.45) is 4.33. The number of benzene rings is 1. The fourth-order valence-electron chi connectivity index (χ4n) is 2.19. The van der Waals surface area contributed by atoms with Crippen LogP contribution in [0.3, 0.4) is 0 Å². The molecule has 1 unspecified atom stereocenters. The molecule has 1 aromatic heterocycles. The second-order valence-corrected chi connectivity index (χ2v) is 3.92. The second-order valence-electron chi connectivity index (χ2n) is 3.92. The second kappa shape index (κ2) is 3.63. The summed E-state index contributed by atoms with van der Waals surface area (Å²) in [7, 11) is 0. The molecule has 1 saturated heterocycles. The third-order valence-electron chi connectivity index (χ3n) is 2.94. The highest BCUT2D eigenvalue weighted by Gasteiger charge is 2.20. The number of hydrogen-bond acceptors (Lipinski definition) is 2. The third-order valence-corrected chi connectivity index (χ3v) is 2.94. The van der Waals surface area contributed by atoms with Crippen molar-refractivity contribution in [2.24, 2.45) is 0 Å². The molecule has 2 nitrogen and oxygen atoms in total. The smallest absolute Gasteiger partial charge is 0.100 e. The highest BCUT2D eigenvalue weighted by Crippen LogP contribution is 2.31. The molecule has 0 aliphatic carbocycles. The van der Waals surface area contributed by atoms with Crippen molar-refractivity contribution >= 4 is 10.8 Å². The predicted octanol–water partition coefficient (Wildman–Crippen LogP) is 3.09. The molecule has 0 spiro atoms. The summed E-state index contributed by atoms with van der Waals surface area (Å²) in [4.78, 5) is 4.46. The quantitative estimate of drug-likeness (QED) is 0.704. The molecule has 1 aliphatic heterocycles. The van der Waals surface area contributed by atoms with Crippen molar-refractivity contribution in [1.29, 1.82) is 0 Å². The van der Waals surface area contributed by atoms with E-state index in [-0.39, 0.29) is 6.10 Å². The van der Waals surface area contributed by atoms with Gasteiger partial charge in [0.25, 0.3) is 0 Å². The number of aromatic nitrogens is 1. The molecule has 0 amide bonds. The molecule has 76 valence electrons. The zero-order valence-corrected chi connectivity index (χ0v) is 8.52. The van der Waals surface area contributed by atoms with Crippen LogP contribution in [0.5, 0.6) is 0 Å². The summed E-state index contributed by atoms with van der Waals surface area (Å²) >= 11 is 0. The van der Waals surface area contributed by atoms with Crippen molar-refractivity contribution in [2.45, 2.75) is 18.9 Å². The summed E-state index contributed by atoms with van der Waals surface area (Å²) in [5.41, 5.74) is 1.10. The summed E-state index contributed by atoms with van der Waals surface area (Å²) < 4.78 is 5.68. The molecular weight excluding hydrogens is 186 g/mol. The van der Waals surface area contributed by atoms with Crippen molar-refractivity contribution in [3.63, 3.8) is 0 Å². The van der Waals surface area contributed by atoms with Crippen molar-refractivity contribution < 1.29 is 4.74 Å². The standard InChI is InChI=1S/C13H13NO/c1-2-5-11-10(4-1)7-8-14-13(11)12-6-3-9-15-12/h1-2,4-5,7-8,12H,3,6,9H2. The van der Waals surface area contributed by atoms with E-state index in [2.05, 4.69) is 29.2 Å². The van der Waals surface area contributed by atoms with Gasteiger partial charge in [-0.15, -0.1) is 0 Å². The van der Waals surface area contributed by atoms with E-state index in [9.17, 15) is 0 Å². The van der Waals surface area contributed by atoms with Gasteiger partial charge < -0.3 is 4.74 Å². The first kappa shape index (κ1) is 8.86. The fraction of sp³-hybridized carbons (Fsp3) is 0.308. The number of rotatable bonds is 1. The van der Waals surface area contributed by atoms with E-state index in [0.717, 1.165) is 25.1 Å². The maximum absolute atomic E-state index is 5.68. The van der Waals surface area contributed by atoms with Crippen molar-refractivity contribution in [3.05, 3.63) is 42.2 Å². The molecule has 2 heteroatoms. The van der Waals surface area contributed by atoms with Crippen molar-refractivity contribution in [2.75, 3.05) is 6.61 Å². The van der Waals surface area contributed by atoms with E-state index in [4.69, 9.17) is 4.74 Å². The van der Waals surface area contributed by atoms with Gasteiger partial charge in [-0.25, -0.2) is 0 Å². The maximum Gasteiger partial charge on any atom is 0.100 e. The molecule has 2 heterocycles. The Bertz CT molecular complexity index is 469. The minimum atomic E-state index is 0.205. The molecule has 1 aromatic carbocycles. The van der Waals surface area contributed by atoms with Crippen LogP contribution in [-0.4, -0.2) is 11.6 Å². The van der Waals surface area contributed by atoms with Crippen LogP contribution in [0.25, 0.3) is 10.8 Å². The van der Waals surface area contributed by atoms with Gasteiger partial charge in [0.15, 0.2) is 0 Å².